The van der Waals surface area contributed by atoms with Crippen LogP contribution in [0.15, 0.2) is 52.1 Å². The standard InChI is InChI=1S/C22H30N4O4S2/c1-25(32(29,30)22-10-6-16-31-22)13-5-9-20(27)23-19-11-14-26(15-12-19)17-21(28)24-18-7-3-2-4-8-18/h2-4,6-8,10,16,19H,5,9,11-15,17H2,1H3,(H,23,27)(H,24,28). The summed E-state index contributed by atoms with van der Waals surface area (Å²) in [5.74, 6) is -0.104. The fraction of sp³-hybridized carbons (Fsp3) is 0.455. The summed E-state index contributed by atoms with van der Waals surface area (Å²) in [7, 11) is -1.94. The molecular formula is C22H30N4O4S2. The fourth-order valence-electron chi connectivity index (χ4n) is 3.61. The first-order chi connectivity index (χ1) is 15.3. The van der Waals surface area contributed by atoms with Gasteiger partial charge in [-0.1, -0.05) is 24.3 Å². The van der Waals surface area contributed by atoms with E-state index in [4.69, 9.17) is 0 Å². The lowest BCUT2D eigenvalue weighted by atomic mass is 10.0. The van der Waals surface area contributed by atoms with Crippen LogP contribution in [0.4, 0.5) is 5.69 Å². The first-order valence-electron chi connectivity index (χ1n) is 10.7. The number of nitrogens with one attached hydrogen (secondary N) is 2. The zero-order valence-corrected chi connectivity index (χ0v) is 19.8. The van der Waals surface area contributed by atoms with E-state index in [1.807, 2.05) is 30.3 Å². The molecule has 1 aliphatic heterocycles. The Labute approximate surface area is 193 Å². The molecule has 2 heterocycles. The molecule has 0 atom stereocenters. The topological polar surface area (TPSA) is 98.8 Å². The second kappa shape index (κ2) is 11.6. The minimum atomic E-state index is -3.48. The summed E-state index contributed by atoms with van der Waals surface area (Å²) in [6.45, 7) is 2.12. The molecule has 3 rings (SSSR count). The Morgan fingerprint density at radius 2 is 1.81 bits per heavy atom. The van der Waals surface area contributed by atoms with Crippen molar-refractivity contribution >= 4 is 38.9 Å². The number of sulfonamides is 1. The molecule has 0 saturated carbocycles. The molecule has 2 aromatic rings. The van der Waals surface area contributed by atoms with Gasteiger partial charge in [-0.15, -0.1) is 11.3 Å². The largest absolute Gasteiger partial charge is 0.353 e. The van der Waals surface area contributed by atoms with Gasteiger partial charge in [0.2, 0.25) is 11.8 Å². The van der Waals surface area contributed by atoms with Crippen LogP contribution in [0, 0.1) is 0 Å². The molecule has 2 amide bonds. The van der Waals surface area contributed by atoms with Crippen LogP contribution in [0.25, 0.3) is 0 Å². The smallest absolute Gasteiger partial charge is 0.252 e. The minimum Gasteiger partial charge on any atom is -0.353 e. The number of nitrogens with zero attached hydrogens (tertiary/aromatic N) is 2. The lowest BCUT2D eigenvalue weighted by Gasteiger charge is -2.31. The van der Waals surface area contributed by atoms with E-state index in [-0.39, 0.29) is 24.3 Å². The second-order valence-electron chi connectivity index (χ2n) is 7.89. The number of carbonyl (C=O) groups excluding carboxylic acids is 2. The summed E-state index contributed by atoms with van der Waals surface area (Å²) in [5, 5.41) is 7.66. The molecular weight excluding hydrogens is 448 g/mol. The highest BCUT2D eigenvalue weighted by Crippen LogP contribution is 2.20. The van der Waals surface area contributed by atoms with Crippen molar-refractivity contribution in [1.29, 1.82) is 0 Å². The maximum absolute atomic E-state index is 12.4. The van der Waals surface area contributed by atoms with Crippen molar-refractivity contribution in [3.05, 3.63) is 47.8 Å². The number of para-hydroxylation sites is 1. The molecule has 1 aromatic heterocycles. The number of hydrogen-bond donors (Lipinski definition) is 2. The maximum atomic E-state index is 12.4. The van der Waals surface area contributed by atoms with Crippen LogP contribution in [0.3, 0.4) is 0 Å². The Morgan fingerprint density at radius 1 is 1.09 bits per heavy atom. The summed E-state index contributed by atoms with van der Waals surface area (Å²) in [5.41, 5.74) is 0.786. The zero-order valence-electron chi connectivity index (χ0n) is 18.2. The Morgan fingerprint density at radius 3 is 2.47 bits per heavy atom. The van der Waals surface area contributed by atoms with Crippen molar-refractivity contribution in [2.24, 2.45) is 0 Å². The van der Waals surface area contributed by atoms with E-state index >= 15 is 0 Å². The van der Waals surface area contributed by atoms with E-state index in [1.54, 1.807) is 17.5 Å². The van der Waals surface area contributed by atoms with E-state index in [0.29, 0.717) is 23.7 Å². The predicted octanol–water partition coefficient (Wildman–Crippen LogP) is 2.37. The van der Waals surface area contributed by atoms with Crippen molar-refractivity contribution in [2.75, 3.05) is 38.5 Å². The Kier molecular flexibility index (Phi) is 8.80. The Hall–Kier alpha value is -2.27. The number of carbonyl (C=O) groups is 2. The van der Waals surface area contributed by atoms with E-state index in [2.05, 4.69) is 15.5 Å². The monoisotopic (exact) mass is 478 g/mol. The van der Waals surface area contributed by atoms with E-state index in [9.17, 15) is 18.0 Å². The average Bonchev–Trinajstić information content (AvgIpc) is 3.31. The number of hydrogen-bond acceptors (Lipinski definition) is 6. The number of anilines is 1. The van der Waals surface area contributed by atoms with E-state index in [1.165, 1.54) is 22.7 Å². The molecule has 0 unspecified atom stereocenters. The van der Waals surface area contributed by atoms with Crippen LogP contribution in [-0.4, -0.2) is 68.7 Å². The van der Waals surface area contributed by atoms with Crippen molar-refractivity contribution < 1.29 is 18.0 Å². The van der Waals surface area contributed by atoms with Crippen LogP contribution in [-0.2, 0) is 19.6 Å². The Bertz CT molecular complexity index is 973. The van der Waals surface area contributed by atoms with Crippen molar-refractivity contribution in [2.45, 2.75) is 35.9 Å². The lowest BCUT2D eigenvalue weighted by Crippen LogP contribution is -2.46. The second-order valence-corrected chi connectivity index (χ2v) is 11.1. The molecule has 0 aliphatic carbocycles. The summed E-state index contributed by atoms with van der Waals surface area (Å²) in [4.78, 5) is 26.6. The first kappa shape index (κ1) is 24.4. The van der Waals surface area contributed by atoms with Gasteiger partial charge in [-0.05, 0) is 42.8 Å². The van der Waals surface area contributed by atoms with Gasteiger partial charge in [0, 0.05) is 44.8 Å². The SMILES string of the molecule is CN(CCCC(=O)NC1CCN(CC(=O)Nc2ccccc2)CC1)S(=O)(=O)c1cccs1. The zero-order chi connectivity index (χ0) is 23.0. The van der Waals surface area contributed by atoms with Gasteiger partial charge in [-0.25, -0.2) is 12.7 Å². The van der Waals surface area contributed by atoms with Crippen LogP contribution >= 0.6 is 11.3 Å². The number of rotatable bonds is 10. The van der Waals surface area contributed by atoms with Crippen LogP contribution in [0.5, 0.6) is 0 Å². The van der Waals surface area contributed by atoms with Gasteiger partial charge in [0.05, 0.1) is 6.54 Å². The first-order valence-corrected chi connectivity index (χ1v) is 13.0. The summed E-state index contributed by atoms with van der Waals surface area (Å²) in [6, 6.07) is 12.8. The van der Waals surface area contributed by atoms with E-state index in [0.717, 1.165) is 31.6 Å². The van der Waals surface area contributed by atoms with Crippen molar-refractivity contribution in [3.63, 3.8) is 0 Å². The van der Waals surface area contributed by atoms with Gasteiger partial charge in [0.1, 0.15) is 4.21 Å². The molecule has 0 radical (unpaired) electrons. The van der Waals surface area contributed by atoms with Gasteiger partial charge < -0.3 is 10.6 Å². The van der Waals surface area contributed by atoms with Gasteiger partial charge >= 0.3 is 0 Å². The van der Waals surface area contributed by atoms with Gasteiger partial charge in [-0.3, -0.25) is 14.5 Å². The molecule has 32 heavy (non-hydrogen) atoms. The molecule has 1 saturated heterocycles. The summed E-state index contributed by atoms with van der Waals surface area (Å²) >= 11 is 1.19. The highest BCUT2D eigenvalue weighted by Gasteiger charge is 2.23. The fourth-order valence-corrected chi connectivity index (χ4v) is 6.02. The third kappa shape index (κ3) is 7.13. The number of thiophene rings is 1. The van der Waals surface area contributed by atoms with Crippen LogP contribution < -0.4 is 10.6 Å². The predicted molar refractivity (Wildman–Crippen MR) is 126 cm³/mol. The molecule has 1 aliphatic rings. The third-order valence-electron chi connectivity index (χ3n) is 5.41. The normalized spacial score (nSPS) is 15.6. The highest BCUT2D eigenvalue weighted by atomic mass is 32.2. The average molecular weight is 479 g/mol. The van der Waals surface area contributed by atoms with Crippen LogP contribution in [0.1, 0.15) is 25.7 Å². The van der Waals surface area contributed by atoms with Crippen molar-refractivity contribution in [3.8, 4) is 0 Å². The molecule has 8 nitrogen and oxygen atoms in total. The molecule has 0 spiro atoms. The molecule has 2 N–H and O–H groups in total. The van der Waals surface area contributed by atoms with Crippen molar-refractivity contribution in [1.82, 2.24) is 14.5 Å². The maximum Gasteiger partial charge on any atom is 0.252 e. The number of amides is 2. The quantitative estimate of drug-likeness (QED) is 0.546. The number of likely N-dealkylation sites (tertiary alicyclic amines) is 1. The van der Waals surface area contributed by atoms with Gasteiger partial charge in [-0.2, -0.15) is 0 Å². The Balaban J connectivity index is 1.32. The summed E-state index contributed by atoms with van der Waals surface area (Å²) < 4.78 is 26.4. The van der Waals surface area contributed by atoms with E-state index < -0.39 is 10.0 Å². The molecule has 1 aromatic carbocycles. The molecule has 10 heteroatoms. The van der Waals surface area contributed by atoms with Crippen LogP contribution in [0.2, 0.25) is 0 Å². The molecule has 1 fully saturated rings. The van der Waals surface area contributed by atoms with Gasteiger partial charge in [0.25, 0.3) is 10.0 Å². The van der Waals surface area contributed by atoms with Gasteiger partial charge in [0.15, 0.2) is 0 Å². The number of piperidine rings is 1. The third-order valence-corrected chi connectivity index (χ3v) is 8.64. The summed E-state index contributed by atoms with van der Waals surface area (Å²) in [6.07, 6.45) is 2.32. The highest BCUT2D eigenvalue weighted by molar-refractivity contribution is 7.91. The molecule has 0 bridgehead atoms. The molecule has 174 valence electrons. The lowest BCUT2D eigenvalue weighted by molar-refractivity contribution is -0.122. The number of benzene rings is 1. The minimum absolute atomic E-state index is 0.0414.